The van der Waals surface area contributed by atoms with Gasteiger partial charge >= 0.3 is 0 Å². The number of imidazole rings is 1. The number of aliphatic hydroxyl groups excluding tert-OH is 1. The molecule has 0 bridgehead atoms. The first-order valence-electron chi connectivity index (χ1n) is 7.35. The van der Waals surface area contributed by atoms with Crippen molar-refractivity contribution < 1.29 is 5.11 Å². The maximum Gasteiger partial charge on any atom is 0.137 e. The molecule has 1 fully saturated rings. The second-order valence-electron chi connectivity index (χ2n) is 5.49. The van der Waals surface area contributed by atoms with Crippen molar-refractivity contribution in [3.05, 3.63) is 36.3 Å². The van der Waals surface area contributed by atoms with Gasteiger partial charge in [0.05, 0.1) is 11.8 Å². The lowest BCUT2D eigenvalue weighted by atomic mass is 10.3. The lowest BCUT2D eigenvalue weighted by molar-refractivity contribution is 0.123. The minimum Gasteiger partial charge on any atom is -0.390 e. The Labute approximate surface area is 119 Å². The topological polar surface area (TPSA) is 52.8 Å². The van der Waals surface area contributed by atoms with Crippen LogP contribution in [0.15, 0.2) is 30.6 Å². The summed E-state index contributed by atoms with van der Waals surface area (Å²) in [5.41, 5.74) is 1.96. The third-order valence-corrected chi connectivity index (χ3v) is 3.77. The monoisotopic (exact) mass is 274 g/mol. The van der Waals surface area contributed by atoms with Gasteiger partial charge in [0.1, 0.15) is 5.65 Å². The van der Waals surface area contributed by atoms with Crippen LogP contribution < -0.4 is 5.32 Å². The van der Waals surface area contributed by atoms with E-state index >= 15 is 0 Å². The van der Waals surface area contributed by atoms with Gasteiger partial charge in [-0.15, -0.1) is 0 Å². The molecule has 20 heavy (non-hydrogen) atoms. The van der Waals surface area contributed by atoms with Crippen LogP contribution in [0.25, 0.3) is 5.65 Å². The first-order valence-corrected chi connectivity index (χ1v) is 7.35. The molecule has 1 atom stereocenters. The fourth-order valence-electron chi connectivity index (χ4n) is 2.77. The summed E-state index contributed by atoms with van der Waals surface area (Å²) in [6.45, 7) is 4.34. The van der Waals surface area contributed by atoms with Crippen molar-refractivity contribution in [1.29, 1.82) is 0 Å². The highest BCUT2D eigenvalue weighted by molar-refractivity contribution is 5.39. The SMILES string of the molecule is OC(CNCc1cn2ccccc2n1)CN1CCCC1. The van der Waals surface area contributed by atoms with Crippen molar-refractivity contribution in [2.45, 2.75) is 25.5 Å². The summed E-state index contributed by atoms with van der Waals surface area (Å²) in [6.07, 6.45) is 6.25. The first-order chi connectivity index (χ1) is 9.81. The van der Waals surface area contributed by atoms with Crippen LogP contribution in [0.3, 0.4) is 0 Å². The molecule has 1 aliphatic rings. The highest BCUT2D eigenvalue weighted by Crippen LogP contribution is 2.07. The van der Waals surface area contributed by atoms with E-state index in [2.05, 4.69) is 15.2 Å². The van der Waals surface area contributed by atoms with E-state index in [0.29, 0.717) is 13.1 Å². The minimum atomic E-state index is -0.301. The molecule has 1 saturated heterocycles. The zero-order valence-corrected chi connectivity index (χ0v) is 11.7. The number of nitrogens with one attached hydrogen (secondary N) is 1. The van der Waals surface area contributed by atoms with Crippen LogP contribution in [0.2, 0.25) is 0 Å². The van der Waals surface area contributed by atoms with Gasteiger partial charge < -0.3 is 19.7 Å². The third kappa shape index (κ3) is 3.36. The van der Waals surface area contributed by atoms with Gasteiger partial charge in [0.15, 0.2) is 0 Å². The molecule has 1 aliphatic heterocycles. The molecule has 2 N–H and O–H groups in total. The largest absolute Gasteiger partial charge is 0.390 e. The van der Waals surface area contributed by atoms with E-state index < -0.39 is 0 Å². The Kier molecular flexibility index (Phi) is 4.30. The van der Waals surface area contributed by atoms with Crippen LogP contribution >= 0.6 is 0 Å². The van der Waals surface area contributed by atoms with Crippen molar-refractivity contribution in [3.8, 4) is 0 Å². The number of rotatable bonds is 6. The Hall–Kier alpha value is -1.43. The van der Waals surface area contributed by atoms with E-state index in [1.807, 2.05) is 35.0 Å². The number of β-amino-alcohol motifs (C(OH)–C–C–N with tert-alkyl or cyclic N) is 1. The summed E-state index contributed by atoms with van der Waals surface area (Å²) < 4.78 is 2.01. The Balaban J connectivity index is 1.44. The van der Waals surface area contributed by atoms with Gasteiger partial charge in [-0.25, -0.2) is 4.98 Å². The van der Waals surface area contributed by atoms with Gasteiger partial charge in [-0.3, -0.25) is 0 Å². The number of aromatic nitrogens is 2. The quantitative estimate of drug-likeness (QED) is 0.821. The van der Waals surface area contributed by atoms with E-state index in [0.717, 1.165) is 31.0 Å². The molecule has 0 saturated carbocycles. The molecule has 108 valence electrons. The van der Waals surface area contributed by atoms with Gasteiger partial charge in [0.2, 0.25) is 0 Å². The van der Waals surface area contributed by atoms with E-state index in [9.17, 15) is 5.11 Å². The fourth-order valence-corrected chi connectivity index (χ4v) is 2.77. The molecule has 0 aromatic carbocycles. The summed E-state index contributed by atoms with van der Waals surface area (Å²) in [4.78, 5) is 6.85. The van der Waals surface area contributed by atoms with Crippen LogP contribution in [0.5, 0.6) is 0 Å². The van der Waals surface area contributed by atoms with Crippen molar-refractivity contribution in [3.63, 3.8) is 0 Å². The van der Waals surface area contributed by atoms with Crippen molar-refractivity contribution in [1.82, 2.24) is 19.6 Å². The fraction of sp³-hybridized carbons (Fsp3) is 0.533. The summed E-state index contributed by atoms with van der Waals surface area (Å²) in [7, 11) is 0. The molecule has 0 aliphatic carbocycles. The Morgan fingerprint density at radius 2 is 2.15 bits per heavy atom. The minimum absolute atomic E-state index is 0.301. The first kappa shape index (κ1) is 13.5. The summed E-state index contributed by atoms with van der Waals surface area (Å²) >= 11 is 0. The summed E-state index contributed by atoms with van der Waals surface area (Å²) in [5.74, 6) is 0. The average molecular weight is 274 g/mol. The van der Waals surface area contributed by atoms with Gasteiger partial charge in [-0.1, -0.05) is 6.07 Å². The maximum absolute atomic E-state index is 10.00. The van der Waals surface area contributed by atoms with E-state index in [4.69, 9.17) is 0 Å². The predicted octanol–water partition coefficient (Wildman–Crippen LogP) is 0.881. The van der Waals surface area contributed by atoms with Crippen LogP contribution in [0, 0.1) is 0 Å². The van der Waals surface area contributed by atoms with Crippen molar-refractivity contribution in [2.24, 2.45) is 0 Å². The normalized spacial score (nSPS) is 17.9. The lowest BCUT2D eigenvalue weighted by Gasteiger charge is -2.19. The number of pyridine rings is 1. The molecule has 5 heteroatoms. The number of hydrogen-bond acceptors (Lipinski definition) is 4. The molecular formula is C15H22N4O. The number of aliphatic hydroxyl groups is 1. The lowest BCUT2D eigenvalue weighted by Crippen LogP contribution is -2.36. The molecule has 1 unspecified atom stereocenters. The molecule has 0 amide bonds. The van der Waals surface area contributed by atoms with Crippen LogP contribution in [0.4, 0.5) is 0 Å². The second kappa shape index (κ2) is 6.35. The van der Waals surface area contributed by atoms with Gasteiger partial charge in [0, 0.05) is 32.0 Å². The second-order valence-corrected chi connectivity index (χ2v) is 5.49. The molecule has 0 radical (unpaired) electrons. The standard InChI is InChI=1S/C15H22N4O/c20-14(12-18-6-3-4-7-18)10-16-9-13-11-19-8-2-1-5-15(19)17-13/h1-2,5,8,11,14,16,20H,3-4,6-7,9-10,12H2. The van der Waals surface area contributed by atoms with Crippen LogP contribution in [-0.4, -0.2) is 51.7 Å². The van der Waals surface area contributed by atoms with Gasteiger partial charge in [0.25, 0.3) is 0 Å². The van der Waals surface area contributed by atoms with Gasteiger partial charge in [-0.05, 0) is 38.1 Å². The number of fused-ring (bicyclic) bond motifs is 1. The highest BCUT2D eigenvalue weighted by atomic mass is 16.3. The molecule has 2 aromatic heterocycles. The molecule has 2 aromatic rings. The van der Waals surface area contributed by atoms with E-state index in [1.165, 1.54) is 12.8 Å². The zero-order chi connectivity index (χ0) is 13.8. The number of nitrogens with zero attached hydrogens (tertiary/aromatic N) is 3. The van der Waals surface area contributed by atoms with Crippen LogP contribution in [0.1, 0.15) is 18.5 Å². The number of likely N-dealkylation sites (tertiary alicyclic amines) is 1. The van der Waals surface area contributed by atoms with E-state index in [-0.39, 0.29) is 6.10 Å². The molecular weight excluding hydrogens is 252 g/mol. The molecule has 0 spiro atoms. The highest BCUT2D eigenvalue weighted by Gasteiger charge is 2.15. The smallest absolute Gasteiger partial charge is 0.137 e. The average Bonchev–Trinajstić information content (AvgIpc) is 3.07. The molecule has 3 rings (SSSR count). The van der Waals surface area contributed by atoms with Gasteiger partial charge in [-0.2, -0.15) is 0 Å². The Morgan fingerprint density at radius 1 is 1.30 bits per heavy atom. The van der Waals surface area contributed by atoms with Crippen LogP contribution in [-0.2, 0) is 6.54 Å². The van der Waals surface area contributed by atoms with Crippen molar-refractivity contribution in [2.75, 3.05) is 26.2 Å². The maximum atomic E-state index is 10.00. The summed E-state index contributed by atoms with van der Waals surface area (Å²) in [5, 5.41) is 13.3. The third-order valence-electron chi connectivity index (χ3n) is 3.77. The molecule has 3 heterocycles. The summed E-state index contributed by atoms with van der Waals surface area (Å²) in [6, 6.07) is 5.97. The van der Waals surface area contributed by atoms with E-state index in [1.54, 1.807) is 0 Å². The number of hydrogen-bond donors (Lipinski definition) is 2. The van der Waals surface area contributed by atoms with Crippen molar-refractivity contribution >= 4 is 5.65 Å². The Bertz CT molecular complexity index is 515. The zero-order valence-electron chi connectivity index (χ0n) is 11.7. The Morgan fingerprint density at radius 3 is 2.95 bits per heavy atom. The molecule has 5 nitrogen and oxygen atoms in total. The predicted molar refractivity (Wildman–Crippen MR) is 78.6 cm³/mol.